The highest BCUT2D eigenvalue weighted by molar-refractivity contribution is 9.10. The SMILES string of the molecule is Cc1ccc(C(=O)NC(=S)Nc2ccc(NC(=O)c3ccccc3)cc2)cc1Br. The summed E-state index contributed by atoms with van der Waals surface area (Å²) in [5.41, 5.74) is 3.48. The van der Waals surface area contributed by atoms with E-state index in [2.05, 4.69) is 31.9 Å². The predicted molar refractivity (Wildman–Crippen MR) is 123 cm³/mol. The molecule has 0 radical (unpaired) electrons. The summed E-state index contributed by atoms with van der Waals surface area (Å²) in [5, 5.41) is 8.62. The lowest BCUT2D eigenvalue weighted by atomic mass is 10.1. The van der Waals surface area contributed by atoms with Crippen molar-refractivity contribution in [2.75, 3.05) is 10.6 Å². The van der Waals surface area contributed by atoms with Crippen molar-refractivity contribution in [3.8, 4) is 0 Å². The molecule has 0 spiro atoms. The first-order chi connectivity index (χ1) is 13.9. The molecule has 3 aromatic carbocycles. The van der Waals surface area contributed by atoms with Crippen LogP contribution in [0.15, 0.2) is 77.3 Å². The second-order valence-electron chi connectivity index (χ2n) is 6.27. The number of thiocarbonyl (C=S) groups is 1. The van der Waals surface area contributed by atoms with Crippen LogP contribution in [0, 0.1) is 6.92 Å². The van der Waals surface area contributed by atoms with E-state index in [-0.39, 0.29) is 16.9 Å². The van der Waals surface area contributed by atoms with Crippen molar-refractivity contribution >= 4 is 56.4 Å². The van der Waals surface area contributed by atoms with E-state index < -0.39 is 0 Å². The zero-order valence-corrected chi connectivity index (χ0v) is 17.9. The lowest BCUT2D eigenvalue weighted by Crippen LogP contribution is -2.34. The summed E-state index contributed by atoms with van der Waals surface area (Å²) in [5.74, 6) is -0.478. The lowest BCUT2D eigenvalue weighted by molar-refractivity contribution is 0.0976. The predicted octanol–water partition coefficient (Wildman–Crippen LogP) is 5.14. The molecule has 0 saturated carbocycles. The van der Waals surface area contributed by atoms with Gasteiger partial charge in [0.15, 0.2) is 5.11 Å². The molecule has 0 fully saturated rings. The molecule has 0 saturated heterocycles. The number of hydrogen-bond donors (Lipinski definition) is 3. The molecule has 29 heavy (non-hydrogen) atoms. The Bertz CT molecular complexity index is 1050. The van der Waals surface area contributed by atoms with Crippen molar-refractivity contribution < 1.29 is 9.59 Å². The van der Waals surface area contributed by atoms with Crippen LogP contribution in [0.1, 0.15) is 26.3 Å². The number of aryl methyl sites for hydroxylation is 1. The van der Waals surface area contributed by atoms with Gasteiger partial charge in [-0.3, -0.25) is 14.9 Å². The van der Waals surface area contributed by atoms with Gasteiger partial charge in [0.05, 0.1) is 0 Å². The highest BCUT2D eigenvalue weighted by atomic mass is 79.9. The van der Waals surface area contributed by atoms with Crippen molar-refractivity contribution in [1.29, 1.82) is 0 Å². The van der Waals surface area contributed by atoms with Crippen LogP contribution in [0.25, 0.3) is 0 Å². The second-order valence-corrected chi connectivity index (χ2v) is 7.53. The van der Waals surface area contributed by atoms with Crippen molar-refractivity contribution in [2.24, 2.45) is 0 Å². The fraction of sp³-hybridized carbons (Fsp3) is 0.0455. The maximum atomic E-state index is 12.3. The topological polar surface area (TPSA) is 70.2 Å². The van der Waals surface area contributed by atoms with Gasteiger partial charge in [0, 0.05) is 27.0 Å². The largest absolute Gasteiger partial charge is 0.332 e. The van der Waals surface area contributed by atoms with E-state index in [9.17, 15) is 9.59 Å². The minimum absolute atomic E-state index is 0.182. The van der Waals surface area contributed by atoms with Gasteiger partial charge < -0.3 is 10.6 Å². The maximum Gasteiger partial charge on any atom is 0.257 e. The van der Waals surface area contributed by atoms with Gasteiger partial charge in [0.2, 0.25) is 0 Å². The van der Waals surface area contributed by atoms with Crippen molar-refractivity contribution in [1.82, 2.24) is 5.32 Å². The summed E-state index contributed by atoms with van der Waals surface area (Å²) in [6.07, 6.45) is 0. The first-order valence-electron chi connectivity index (χ1n) is 8.77. The fourth-order valence-corrected chi connectivity index (χ4v) is 3.09. The fourth-order valence-electron chi connectivity index (χ4n) is 2.50. The van der Waals surface area contributed by atoms with Crippen molar-refractivity contribution in [3.63, 3.8) is 0 Å². The number of carbonyl (C=O) groups excluding carboxylic acids is 2. The number of carbonyl (C=O) groups is 2. The van der Waals surface area contributed by atoms with Gasteiger partial charge in [0.1, 0.15) is 0 Å². The summed E-state index contributed by atoms with van der Waals surface area (Å²) in [7, 11) is 0. The van der Waals surface area contributed by atoms with E-state index in [4.69, 9.17) is 12.2 Å². The third-order valence-electron chi connectivity index (χ3n) is 4.10. The minimum atomic E-state index is -0.296. The lowest BCUT2D eigenvalue weighted by Gasteiger charge is -2.11. The quantitative estimate of drug-likeness (QED) is 0.464. The Morgan fingerprint density at radius 3 is 2.03 bits per heavy atom. The van der Waals surface area contributed by atoms with Gasteiger partial charge in [0.25, 0.3) is 11.8 Å². The van der Waals surface area contributed by atoms with E-state index in [1.165, 1.54) is 0 Å². The molecule has 3 rings (SSSR count). The molecular formula is C22H18BrN3O2S. The molecule has 2 amide bonds. The third kappa shape index (κ3) is 5.73. The first kappa shape index (κ1) is 20.7. The van der Waals surface area contributed by atoms with Crippen LogP contribution >= 0.6 is 28.1 Å². The van der Waals surface area contributed by atoms with E-state index >= 15 is 0 Å². The van der Waals surface area contributed by atoms with Gasteiger partial charge >= 0.3 is 0 Å². The molecule has 7 heteroatoms. The third-order valence-corrected chi connectivity index (χ3v) is 5.16. The van der Waals surface area contributed by atoms with Crippen LogP contribution in [0.5, 0.6) is 0 Å². The van der Waals surface area contributed by atoms with Gasteiger partial charge in [-0.2, -0.15) is 0 Å². The van der Waals surface area contributed by atoms with Crippen LogP contribution < -0.4 is 16.0 Å². The molecule has 0 aliphatic carbocycles. The van der Waals surface area contributed by atoms with Crippen LogP contribution in [0.3, 0.4) is 0 Å². The molecule has 0 atom stereocenters. The average molecular weight is 468 g/mol. The van der Waals surface area contributed by atoms with E-state index in [0.717, 1.165) is 10.0 Å². The second kappa shape index (κ2) is 9.45. The Labute approximate surface area is 182 Å². The number of amides is 2. The summed E-state index contributed by atoms with van der Waals surface area (Å²) >= 11 is 8.63. The Balaban J connectivity index is 1.56. The highest BCUT2D eigenvalue weighted by Gasteiger charge is 2.10. The number of nitrogens with one attached hydrogen (secondary N) is 3. The van der Waals surface area contributed by atoms with E-state index in [1.807, 2.05) is 31.2 Å². The molecule has 0 aliphatic heterocycles. The molecule has 0 bridgehead atoms. The average Bonchev–Trinajstić information content (AvgIpc) is 2.72. The molecule has 146 valence electrons. The standard InChI is InChI=1S/C22H18BrN3O2S/c1-14-7-8-16(13-19(14)23)21(28)26-22(29)25-18-11-9-17(10-12-18)24-20(27)15-5-3-2-4-6-15/h2-13H,1H3,(H,24,27)(H2,25,26,28,29). The molecule has 3 N–H and O–H groups in total. The highest BCUT2D eigenvalue weighted by Crippen LogP contribution is 2.18. The zero-order valence-electron chi connectivity index (χ0n) is 15.5. The number of rotatable bonds is 4. The van der Waals surface area contributed by atoms with Crippen LogP contribution in [0.4, 0.5) is 11.4 Å². The number of benzene rings is 3. The summed E-state index contributed by atoms with van der Waals surface area (Å²) in [6.45, 7) is 1.95. The smallest absolute Gasteiger partial charge is 0.257 e. The maximum absolute atomic E-state index is 12.3. The Morgan fingerprint density at radius 2 is 1.41 bits per heavy atom. The molecule has 0 aromatic heterocycles. The van der Waals surface area contributed by atoms with Crippen LogP contribution in [0.2, 0.25) is 0 Å². The van der Waals surface area contributed by atoms with Gasteiger partial charge in [-0.15, -0.1) is 0 Å². The zero-order chi connectivity index (χ0) is 20.8. The normalized spacial score (nSPS) is 10.1. The minimum Gasteiger partial charge on any atom is -0.332 e. The van der Waals surface area contributed by atoms with Crippen LogP contribution in [-0.4, -0.2) is 16.9 Å². The molecule has 0 unspecified atom stereocenters. The van der Waals surface area contributed by atoms with Crippen molar-refractivity contribution in [3.05, 3.63) is 94.0 Å². The Kier molecular flexibility index (Phi) is 6.74. The molecule has 3 aromatic rings. The molecule has 5 nitrogen and oxygen atoms in total. The van der Waals surface area contributed by atoms with E-state index in [0.29, 0.717) is 22.5 Å². The van der Waals surface area contributed by atoms with Crippen LogP contribution in [-0.2, 0) is 0 Å². The van der Waals surface area contributed by atoms with Gasteiger partial charge in [-0.1, -0.05) is 40.2 Å². The summed E-state index contributed by atoms with van der Waals surface area (Å²) in [6, 6.07) is 21.4. The van der Waals surface area contributed by atoms with Gasteiger partial charge in [-0.25, -0.2) is 0 Å². The van der Waals surface area contributed by atoms with Crippen molar-refractivity contribution in [2.45, 2.75) is 6.92 Å². The Morgan fingerprint density at radius 1 is 0.793 bits per heavy atom. The van der Waals surface area contributed by atoms with Gasteiger partial charge in [-0.05, 0) is 73.2 Å². The molecule has 0 aliphatic rings. The monoisotopic (exact) mass is 467 g/mol. The number of anilines is 2. The summed E-state index contributed by atoms with van der Waals surface area (Å²) in [4.78, 5) is 24.5. The molecular weight excluding hydrogens is 450 g/mol. The number of halogens is 1. The summed E-state index contributed by atoms with van der Waals surface area (Å²) < 4.78 is 0.858. The number of hydrogen-bond acceptors (Lipinski definition) is 3. The Hall–Kier alpha value is -3.03. The molecule has 0 heterocycles. The first-order valence-corrected chi connectivity index (χ1v) is 9.97. The van der Waals surface area contributed by atoms with E-state index in [1.54, 1.807) is 48.5 Å².